The van der Waals surface area contributed by atoms with Gasteiger partial charge < -0.3 is 4.98 Å². The molecule has 0 fully saturated rings. The molecule has 2 aromatic carbocycles. The summed E-state index contributed by atoms with van der Waals surface area (Å²) in [6.07, 6.45) is 2.41. The van der Waals surface area contributed by atoms with Crippen molar-refractivity contribution in [1.29, 1.82) is 0 Å². The van der Waals surface area contributed by atoms with Gasteiger partial charge in [-0.05, 0) is 24.1 Å². The number of fused-ring (bicyclic) bond motifs is 1. The number of hydrogen-bond acceptors (Lipinski definition) is 1. The van der Waals surface area contributed by atoms with Gasteiger partial charge in [0.2, 0.25) is 0 Å². The van der Waals surface area contributed by atoms with Gasteiger partial charge in [-0.1, -0.05) is 25.1 Å². The van der Waals surface area contributed by atoms with E-state index in [2.05, 4.69) is 4.98 Å². The first kappa shape index (κ1) is 13.5. The summed E-state index contributed by atoms with van der Waals surface area (Å²) >= 11 is 0. The molecular weight excluding hydrogens is 272 g/mol. The molecule has 3 rings (SSSR count). The minimum absolute atomic E-state index is 0.126. The molecule has 0 saturated heterocycles. The number of carbonyl (C=O) groups is 1. The minimum Gasteiger partial charge on any atom is -0.360 e. The second kappa shape index (κ2) is 5.13. The highest BCUT2D eigenvalue weighted by Gasteiger charge is 2.18. The Bertz CT molecular complexity index is 836. The Morgan fingerprint density at radius 3 is 2.67 bits per heavy atom. The van der Waals surface area contributed by atoms with Gasteiger partial charge in [-0.3, -0.25) is 4.79 Å². The molecule has 0 aliphatic rings. The molecule has 106 valence electrons. The van der Waals surface area contributed by atoms with Crippen LogP contribution < -0.4 is 0 Å². The van der Waals surface area contributed by atoms with Gasteiger partial charge in [0.15, 0.2) is 5.78 Å². The number of benzene rings is 2. The molecule has 2 nitrogen and oxygen atoms in total. The summed E-state index contributed by atoms with van der Waals surface area (Å²) in [5.41, 5.74) is 2.24. The third-order valence-corrected chi connectivity index (χ3v) is 3.60. The summed E-state index contributed by atoms with van der Waals surface area (Å²) < 4.78 is 26.7. The highest BCUT2D eigenvalue weighted by atomic mass is 19.1. The van der Waals surface area contributed by atoms with Crippen LogP contribution in [-0.4, -0.2) is 10.8 Å². The van der Waals surface area contributed by atoms with Gasteiger partial charge in [-0.15, -0.1) is 0 Å². The van der Waals surface area contributed by atoms with Crippen LogP contribution in [-0.2, 0) is 6.42 Å². The lowest BCUT2D eigenvalue weighted by atomic mass is 10.0. The number of H-pyrrole nitrogens is 1. The molecule has 0 spiro atoms. The van der Waals surface area contributed by atoms with Crippen molar-refractivity contribution < 1.29 is 13.6 Å². The van der Waals surface area contributed by atoms with E-state index in [1.807, 2.05) is 25.1 Å². The Morgan fingerprint density at radius 2 is 1.95 bits per heavy atom. The summed E-state index contributed by atoms with van der Waals surface area (Å²) in [6.45, 7) is 2.02. The highest BCUT2D eigenvalue weighted by Crippen LogP contribution is 2.25. The molecule has 0 bridgehead atoms. The summed E-state index contributed by atoms with van der Waals surface area (Å²) in [7, 11) is 0. The molecule has 1 N–H and O–H groups in total. The van der Waals surface area contributed by atoms with Crippen molar-refractivity contribution in [2.45, 2.75) is 13.3 Å². The molecule has 0 amide bonds. The predicted molar refractivity (Wildman–Crippen MR) is 77.5 cm³/mol. The van der Waals surface area contributed by atoms with E-state index in [-0.39, 0.29) is 5.56 Å². The zero-order valence-electron chi connectivity index (χ0n) is 11.4. The van der Waals surface area contributed by atoms with Gasteiger partial charge in [-0.2, -0.15) is 0 Å². The maximum absolute atomic E-state index is 13.8. The third kappa shape index (κ3) is 2.23. The topological polar surface area (TPSA) is 32.9 Å². The van der Waals surface area contributed by atoms with Crippen LogP contribution in [0.2, 0.25) is 0 Å². The number of para-hydroxylation sites is 1. The molecule has 0 radical (unpaired) electrons. The molecular formula is C17H13F2NO. The Hall–Kier alpha value is -2.49. The van der Waals surface area contributed by atoms with Gasteiger partial charge in [0.25, 0.3) is 0 Å². The van der Waals surface area contributed by atoms with Crippen molar-refractivity contribution in [3.05, 3.63) is 70.9 Å². The zero-order chi connectivity index (χ0) is 15.0. The SMILES string of the molecule is CCc1cccc2c(C(=O)c3ccc(F)cc3F)c[nH]c12. The van der Waals surface area contributed by atoms with E-state index in [0.29, 0.717) is 5.56 Å². The molecule has 1 aromatic heterocycles. The van der Waals surface area contributed by atoms with Crippen LogP contribution in [0.25, 0.3) is 10.9 Å². The van der Waals surface area contributed by atoms with E-state index >= 15 is 0 Å². The van der Waals surface area contributed by atoms with Crippen molar-refractivity contribution in [1.82, 2.24) is 4.98 Å². The summed E-state index contributed by atoms with van der Waals surface area (Å²) in [4.78, 5) is 15.5. The van der Waals surface area contributed by atoms with Gasteiger partial charge in [0.05, 0.1) is 5.56 Å². The van der Waals surface area contributed by atoms with Crippen molar-refractivity contribution in [3.63, 3.8) is 0 Å². The predicted octanol–water partition coefficient (Wildman–Crippen LogP) is 4.24. The number of nitrogens with one attached hydrogen (secondary N) is 1. The van der Waals surface area contributed by atoms with Gasteiger partial charge in [0.1, 0.15) is 11.6 Å². The van der Waals surface area contributed by atoms with Gasteiger partial charge in [-0.25, -0.2) is 8.78 Å². The molecule has 0 unspecified atom stereocenters. The van der Waals surface area contributed by atoms with Crippen LogP contribution in [0.15, 0.2) is 42.6 Å². The van der Waals surface area contributed by atoms with Crippen LogP contribution in [0, 0.1) is 11.6 Å². The van der Waals surface area contributed by atoms with Crippen molar-refractivity contribution in [3.8, 4) is 0 Å². The molecule has 0 atom stereocenters. The first-order chi connectivity index (χ1) is 10.1. The smallest absolute Gasteiger partial charge is 0.198 e. The van der Waals surface area contributed by atoms with Crippen LogP contribution in [0.3, 0.4) is 0 Å². The standard InChI is InChI=1S/C17H13F2NO/c1-2-10-4-3-5-12-14(9-20-16(10)12)17(21)13-7-6-11(18)8-15(13)19/h3-9,20H,2H2,1H3. The Kier molecular flexibility index (Phi) is 3.29. The fraction of sp³-hybridized carbons (Fsp3) is 0.118. The molecule has 0 aliphatic carbocycles. The number of ketones is 1. The number of carbonyl (C=O) groups excluding carboxylic acids is 1. The number of aryl methyl sites for hydroxylation is 1. The molecule has 0 saturated carbocycles. The van der Waals surface area contributed by atoms with Crippen LogP contribution in [0.4, 0.5) is 8.78 Å². The number of halogens is 2. The average Bonchev–Trinajstić information content (AvgIpc) is 2.90. The average molecular weight is 285 g/mol. The minimum atomic E-state index is -0.846. The zero-order valence-corrected chi connectivity index (χ0v) is 11.4. The second-order valence-corrected chi connectivity index (χ2v) is 4.85. The van der Waals surface area contributed by atoms with E-state index in [9.17, 15) is 13.6 Å². The Labute approximate surface area is 120 Å². The summed E-state index contributed by atoms with van der Waals surface area (Å²) in [5, 5.41) is 0.753. The van der Waals surface area contributed by atoms with Crippen LogP contribution in [0.1, 0.15) is 28.4 Å². The normalized spacial score (nSPS) is 11.0. The third-order valence-electron chi connectivity index (χ3n) is 3.60. The lowest BCUT2D eigenvalue weighted by Gasteiger charge is -2.03. The quantitative estimate of drug-likeness (QED) is 0.717. The molecule has 0 aliphatic heterocycles. The maximum atomic E-state index is 13.8. The van der Waals surface area contributed by atoms with Crippen LogP contribution in [0.5, 0.6) is 0 Å². The van der Waals surface area contributed by atoms with E-state index in [1.165, 1.54) is 6.07 Å². The number of rotatable bonds is 3. The van der Waals surface area contributed by atoms with E-state index in [4.69, 9.17) is 0 Å². The maximum Gasteiger partial charge on any atom is 0.198 e. The highest BCUT2D eigenvalue weighted by molar-refractivity contribution is 6.16. The lowest BCUT2D eigenvalue weighted by molar-refractivity contribution is 0.103. The first-order valence-electron chi connectivity index (χ1n) is 6.70. The Morgan fingerprint density at radius 1 is 1.14 bits per heavy atom. The number of aromatic nitrogens is 1. The first-order valence-corrected chi connectivity index (χ1v) is 6.70. The lowest BCUT2D eigenvalue weighted by Crippen LogP contribution is -2.04. The fourth-order valence-corrected chi connectivity index (χ4v) is 2.52. The van der Waals surface area contributed by atoms with Crippen molar-refractivity contribution in [2.75, 3.05) is 0 Å². The van der Waals surface area contributed by atoms with Gasteiger partial charge >= 0.3 is 0 Å². The summed E-state index contributed by atoms with van der Waals surface area (Å²) in [6, 6.07) is 8.65. The molecule has 1 heterocycles. The van der Waals surface area contributed by atoms with E-state index in [0.717, 1.165) is 35.0 Å². The van der Waals surface area contributed by atoms with Crippen molar-refractivity contribution >= 4 is 16.7 Å². The fourth-order valence-electron chi connectivity index (χ4n) is 2.52. The second-order valence-electron chi connectivity index (χ2n) is 4.85. The molecule has 3 aromatic rings. The van der Waals surface area contributed by atoms with E-state index < -0.39 is 17.4 Å². The monoisotopic (exact) mass is 285 g/mol. The molecule has 4 heteroatoms. The van der Waals surface area contributed by atoms with Crippen molar-refractivity contribution in [2.24, 2.45) is 0 Å². The van der Waals surface area contributed by atoms with Crippen LogP contribution >= 0.6 is 0 Å². The number of aromatic amines is 1. The van der Waals surface area contributed by atoms with E-state index in [1.54, 1.807) is 6.20 Å². The summed E-state index contributed by atoms with van der Waals surface area (Å²) in [5.74, 6) is -2.00. The molecule has 21 heavy (non-hydrogen) atoms. The number of hydrogen-bond donors (Lipinski definition) is 1. The largest absolute Gasteiger partial charge is 0.360 e. The van der Waals surface area contributed by atoms with Gasteiger partial charge in [0, 0.05) is 28.7 Å². The Balaban J connectivity index is 2.14.